The number of hydrogen-bond acceptors (Lipinski definition) is 4. The first-order valence-electron chi connectivity index (χ1n) is 5.85. The van der Waals surface area contributed by atoms with Crippen LogP contribution in [0.4, 0.5) is 4.39 Å². The lowest BCUT2D eigenvalue weighted by atomic mass is 10.0. The summed E-state index contributed by atoms with van der Waals surface area (Å²) in [4.78, 5) is 1.05. The zero-order valence-electron chi connectivity index (χ0n) is 10.5. The molecule has 2 heterocycles. The van der Waals surface area contributed by atoms with E-state index in [4.69, 9.17) is 10.5 Å². The molecule has 0 aliphatic heterocycles. The molecule has 0 radical (unpaired) electrons. The minimum atomic E-state index is -0.357. The first kappa shape index (κ1) is 14.0. The number of methoxy groups -OCH3 is 1. The Hall–Kier alpha value is -0.950. The minimum Gasteiger partial charge on any atom is -0.496 e. The molecule has 0 saturated carbocycles. The van der Waals surface area contributed by atoms with E-state index < -0.39 is 0 Å². The highest BCUT2D eigenvalue weighted by atomic mass is 79.9. The Balaban J connectivity index is 2.07. The molecule has 104 valence electrons. The molecule has 1 unspecified atom stereocenters. The molecule has 0 bridgehead atoms. The Morgan fingerprint density at radius 3 is 2.80 bits per heavy atom. The number of nitrogens with two attached hydrogens (primary N) is 1. The summed E-state index contributed by atoms with van der Waals surface area (Å²) in [6, 6.07) is 6.89. The van der Waals surface area contributed by atoms with Crippen LogP contribution in [0.25, 0.3) is 9.40 Å². The van der Waals surface area contributed by atoms with Crippen LogP contribution < -0.4 is 10.5 Å². The lowest BCUT2D eigenvalue weighted by molar-refractivity contribution is 0.404. The lowest BCUT2D eigenvalue weighted by Gasteiger charge is -2.15. The fourth-order valence-corrected chi connectivity index (χ4v) is 4.56. The van der Waals surface area contributed by atoms with Crippen LogP contribution in [-0.4, -0.2) is 7.11 Å². The first-order chi connectivity index (χ1) is 9.60. The van der Waals surface area contributed by atoms with Crippen molar-refractivity contribution in [1.29, 1.82) is 0 Å². The van der Waals surface area contributed by atoms with Crippen molar-refractivity contribution in [1.82, 2.24) is 0 Å². The van der Waals surface area contributed by atoms with E-state index in [2.05, 4.69) is 33.4 Å². The Kier molecular flexibility index (Phi) is 3.81. The van der Waals surface area contributed by atoms with Crippen LogP contribution in [0.3, 0.4) is 0 Å². The van der Waals surface area contributed by atoms with E-state index in [1.165, 1.54) is 22.6 Å². The van der Waals surface area contributed by atoms with Crippen molar-refractivity contribution in [3.05, 3.63) is 50.4 Å². The molecule has 0 amide bonds. The molecule has 0 fully saturated rings. The van der Waals surface area contributed by atoms with Crippen LogP contribution >= 0.6 is 38.6 Å². The smallest absolute Gasteiger partial charge is 0.141 e. The van der Waals surface area contributed by atoms with Gasteiger partial charge in [-0.05, 0) is 39.5 Å². The third-order valence-corrected chi connectivity index (χ3v) is 5.86. The number of thiophene rings is 2. The third-order valence-electron chi connectivity index (χ3n) is 3.07. The average molecular weight is 372 g/mol. The summed E-state index contributed by atoms with van der Waals surface area (Å²) in [6.45, 7) is 0. The van der Waals surface area contributed by atoms with Gasteiger partial charge in [0.05, 0.1) is 17.6 Å². The molecule has 2 nitrogen and oxygen atoms in total. The largest absolute Gasteiger partial charge is 0.496 e. The summed E-state index contributed by atoms with van der Waals surface area (Å²) in [6.07, 6.45) is 0. The van der Waals surface area contributed by atoms with E-state index in [0.29, 0.717) is 10.2 Å². The van der Waals surface area contributed by atoms with E-state index in [1.54, 1.807) is 28.7 Å². The van der Waals surface area contributed by atoms with Gasteiger partial charge in [0.25, 0.3) is 0 Å². The fraction of sp³-hybridized carbons (Fsp3) is 0.143. The second-order valence-electron chi connectivity index (χ2n) is 4.28. The zero-order chi connectivity index (χ0) is 14.3. The molecule has 3 rings (SSSR count). The molecule has 0 spiro atoms. The molecule has 3 aromatic rings. The molecule has 1 atom stereocenters. The van der Waals surface area contributed by atoms with Crippen molar-refractivity contribution in [3.63, 3.8) is 0 Å². The normalized spacial score (nSPS) is 12.8. The van der Waals surface area contributed by atoms with Crippen molar-refractivity contribution in [2.75, 3.05) is 7.11 Å². The van der Waals surface area contributed by atoms with E-state index in [-0.39, 0.29) is 11.9 Å². The number of ether oxygens (including phenoxy) is 1. The van der Waals surface area contributed by atoms with E-state index in [9.17, 15) is 4.39 Å². The number of rotatable bonds is 3. The lowest BCUT2D eigenvalue weighted by Crippen LogP contribution is -2.12. The Morgan fingerprint density at radius 1 is 1.30 bits per heavy atom. The van der Waals surface area contributed by atoms with Gasteiger partial charge in [-0.3, -0.25) is 0 Å². The molecule has 2 aromatic heterocycles. The Labute approximate surface area is 132 Å². The van der Waals surface area contributed by atoms with Gasteiger partial charge in [-0.1, -0.05) is 0 Å². The summed E-state index contributed by atoms with van der Waals surface area (Å²) >= 11 is 6.54. The highest BCUT2D eigenvalue weighted by Crippen LogP contribution is 2.38. The number of fused-ring (bicyclic) bond motifs is 1. The maximum atomic E-state index is 13.6. The second kappa shape index (κ2) is 5.44. The molecule has 0 aliphatic carbocycles. The van der Waals surface area contributed by atoms with Gasteiger partial charge in [0.1, 0.15) is 11.6 Å². The van der Waals surface area contributed by atoms with Crippen LogP contribution in [0.5, 0.6) is 5.75 Å². The van der Waals surface area contributed by atoms with Gasteiger partial charge in [0, 0.05) is 25.9 Å². The monoisotopic (exact) mass is 371 g/mol. The van der Waals surface area contributed by atoms with Gasteiger partial charge < -0.3 is 10.5 Å². The van der Waals surface area contributed by atoms with Crippen LogP contribution in [0.1, 0.15) is 16.5 Å². The first-order valence-corrected chi connectivity index (χ1v) is 8.34. The van der Waals surface area contributed by atoms with E-state index in [0.717, 1.165) is 10.4 Å². The topological polar surface area (TPSA) is 35.2 Å². The summed E-state index contributed by atoms with van der Waals surface area (Å²) in [5, 5.41) is 2.06. The SMILES string of the molecule is COc1cc(F)c(Br)cc1C(N)c1cc2sccc2s1. The predicted molar refractivity (Wildman–Crippen MR) is 86.4 cm³/mol. The van der Waals surface area contributed by atoms with Gasteiger partial charge in [0.2, 0.25) is 0 Å². The molecular weight excluding hydrogens is 361 g/mol. The fourth-order valence-electron chi connectivity index (χ4n) is 2.05. The minimum absolute atomic E-state index is 0.327. The summed E-state index contributed by atoms with van der Waals surface area (Å²) in [5.74, 6) is 0.111. The molecule has 20 heavy (non-hydrogen) atoms. The molecule has 2 N–H and O–H groups in total. The van der Waals surface area contributed by atoms with Crippen molar-refractivity contribution < 1.29 is 9.13 Å². The average Bonchev–Trinajstić information content (AvgIpc) is 3.01. The Morgan fingerprint density at radius 2 is 2.10 bits per heavy atom. The van der Waals surface area contributed by atoms with Crippen LogP contribution in [0.15, 0.2) is 34.1 Å². The van der Waals surface area contributed by atoms with Crippen LogP contribution in [-0.2, 0) is 0 Å². The van der Waals surface area contributed by atoms with Gasteiger partial charge in [0.15, 0.2) is 0 Å². The van der Waals surface area contributed by atoms with Gasteiger partial charge in [-0.15, -0.1) is 22.7 Å². The number of benzene rings is 1. The molecule has 0 saturated heterocycles. The predicted octanol–water partition coefficient (Wildman–Crippen LogP) is 4.92. The van der Waals surface area contributed by atoms with Crippen molar-refractivity contribution in [2.24, 2.45) is 5.73 Å². The van der Waals surface area contributed by atoms with E-state index in [1.807, 2.05) is 0 Å². The van der Waals surface area contributed by atoms with Crippen molar-refractivity contribution in [2.45, 2.75) is 6.04 Å². The highest BCUT2D eigenvalue weighted by Gasteiger charge is 2.19. The van der Waals surface area contributed by atoms with Gasteiger partial charge in [-0.25, -0.2) is 4.39 Å². The van der Waals surface area contributed by atoms with Crippen LogP contribution in [0.2, 0.25) is 0 Å². The Bertz CT molecular complexity index is 739. The number of halogens is 2. The van der Waals surface area contributed by atoms with E-state index >= 15 is 0 Å². The maximum absolute atomic E-state index is 13.6. The molecule has 0 aliphatic rings. The maximum Gasteiger partial charge on any atom is 0.141 e. The molecule has 1 aromatic carbocycles. The molecular formula is C14H11BrFNOS2. The summed E-state index contributed by atoms with van der Waals surface area (Å²) < 4.78 is 21.6. The van der Waals surface area contributed by atoms with Gasteiger partial charge in [-0.2, -0.15) is 0 Å². The molecule has 6 heteroatoms. The van der Waals surface area contributed by atoms with Crippen molar-refractivity contribution >= 4 is 48.0 Å². The quantitative estimate of drug-likeness (QED) is 0.708. The van der Waals surface area contributed by atoms with Gasteiger partial charge >= 0.3 is 0 Å². The van der Waals surface area contributed by atoms with Crippen molar-refractivity contribution in [3.8, 4) is 5.75 Å². The third kappa shape index (κ3) is 2.37. The number of hydrogen-bond donors (Lipinski definition) is 1. The standard InChI is InChI=1S/C14H11BrFNOS2/c1-18-10-5-9(16)8(15)4-7(10)14(17)13-6-12-11(20-13)2-3-19-12/h2-6,14H,17H2,1H3. The summed E-state index contributed by atoms with van der Waals surface area (Å²) in [7, 11) is 1.52. The van der Waals surface area contributed by atoms with Crippen LogP contribution in [0, 0.1) is 5.82 Å². The second-order valence-corrected chi connectivity index (χ2v) is 7.20. The zero-order valence-corrected chi connectivity index (χ0v) is 13.7. The highest BCUT2D eigenvalue weighted by molar-refractivity contribution is 9.10. The summed E-state index contributed by atoms with van der Waals surface area (Å²) in [5.41, 5.74) is 7.10.